The van der Waals surface area contributed by atoms with Crippen LogP contribution >= 0.6 is 11.3 Å². The van der Waals surface area contributed by atoms with Crippen LogP contribution in [0.3, 0.4) is 0 Å². The van der Waals surface area contributed by atoms with Crippen LogP contribution in [0, 0.1) is 6.92 Å². The highest BCUT2D eigenvalue weighted by atomic mass is 32.1. The van der Waals surface area contributed by atoms with Crippen LogP contribution in [-0.4, -0.2) is 37.6 Å². The van der Waals surface area contributed by atoms with Gasteiger partial charge in [0.05, 0.1) is 25.1 Å². The average Bonchev–Trinajstić information content (AvgIpc) is 3.17. The van der Waals surface area contributed by atoms with Gasteiger partial charge in [0, 0.05) is 17.5 Å². The zero-order valence-corrected chi connectivity index (χ0v) is 17.0. The summed E-state index contributed by atoms with van der Waals surface area (Å²) in [5.74, 6) is 0. The zero-order chi connectivity index (χ0) is 20.1. The van der Waals surface area contributed by atoms with Crippen LogP contribution in [0.1, 0.15) is 36.6 Å². The van der Waals surface area contributed by atoms with E-state index in [2.05, 4.69) is 10.1 Å². The normalized spacial score (nSPS) is 15.8. The molecule has 150 valence electrons. The lowest BCUT2D eigenvalue weighted by Gasteiger charge is -2.39. The van der Waals surface area contributed by atoms with E-state index in [0.717, 1.165) is 29.7 Å². The summed E-state index contributed by atoms with van der Waals surface area (Å²) >= 11 is 1.36. The second-order valence-corrected chi connectivity index (χ2v) is 8.58. The third kappa shape index (κ3) is 2.78. The van der Waals surface area contributed by atoms with E-state index in [1.165, 1.54) is 26.9 Å². The SMILES string of the molecule is COCCn1c(=O)n(C2(C)CCC2)c(=O)c2c(C)c(Cn3nc[nH]c3=O)sc21. The van der Waals surface area contributed by atoms with Crippen LogP contribution in [0.5, 0.6) is 0 Å². The van der Waals surface area contributed by atoms with Crippen LogP contribution in [0.15, 0.2) is 20.7 Å². The van der Waals surface area contributed by atoms with Gasteiger partial charge in [-0.15, -0.1) is 11.3 Å². The fourth-order valence-electron chi connectivity index (χ4n) is 3.84. The van der Waals surface area contributed by atoms with Gasteiger partial charge in [-0.25, -0.2) is 14.3 Å². The molecule has 10 heteroatoms. The van der Waals surface area contributed by atoms with Crippen LogP contribution < -0.4 is 16.9 Å². The molecule has 1 aliphatic carbocycles. The van der Waals surface area contributed by atoms with Crippen molar-refractivity contribution >= 4 is 21.6 Å². The Kier molecular flexibility index (Phi) is 4.62. The molecule has 0 radical (unpaired) electrons. The molecule has 0 saturated heterocycles. The maximum absolute atomic E-state index is 13.4. The Hall–Kier alpha value is -2.46. The number of aromatic amines is 1. The summed E-state index contributed by atoms with van der Waals surface area (Å²) in [4.78, 5) is 42.4. The van der Waals surface area contributed by atoms with Crippen molar-refractivity contribution in [2.75, 3.05) is 13.7 Å². The fraction of sp³-hybridized carbons (Fsp3) is 0.556. The molecule has 0 aliphatic heterocycles. The van der Waals surface area contributed by atoms with E-state index in [1.807, 2.05) is 13.8 Å². The van der Waals surface area contributed by atoms with Crippen molar-refractivity contribution in [2.24, 2.45) is 0 Å². The van der Waals surface area contributed by atoms with Crippen molar-refractivity contribution in [1.29, 1.82) is 0 Å². The maximum Gasteiger partial charge on any atom is 0.343 e. The van der Waals surface area contributed by atoms with Crippen LogP contribution in [0.4, 0.5) is 0 Å². The van der Waals surface area contributed by atoms with E-state index in [-0.39, 0.29) is 23.5 Å². The van der Waals surface area contributed by atoms with Crippen molar-refractivity contribution in [3.8, 4) is 0 Å². The van der Waals surface area contributed by atoms with Crippen molar-refractivity contribution in [3.63, 3.8) is 0 Å². The number of methoxy groups -OCH3 is 1. The molecule has 0 aromatic carbocycles. The number of hydrogen-bond acceptors (Lipinski definition) is 6. The first-order chi connectivity index (χ1) is 13.4. The minimum Gasteiger partial charge on any atom is -0.383 e. The number of nitrogens with one attached hydrogen (secondary N) is 1. The number of ether oxygens (including phenoxy) is 1. The topological polar surface area (TPSA) is 104 Å². The molecular formula is C18H23N5O4S. The van der Waals surface area contributed by atoms with E-state index in [4.69, 9.17) is 4.74 Å². The Morgan fingerprint density at radius 1 is 1.32 bits per heavy atom. The van der Waals surface area contributed by atoms with Gasteiger partial charge in [-0.05, 0) is 38.7 Å². The van der Waals surface area contributed by atoms with Gasteiger partial charge in [-0.1, -0.05) is 0 Å². The highest BCUT2D eigenvalue weighted by Gasteiger charge is 2.38. The Morgan fingerprint density at radius 3 is 2.64 bits per heavy atom. The molecule has 0 atom stereocenters. The van der Waals surface area contributed by atoms with Gasteiger partial charge in [0.1, 0.15) is 11.2 Å². The molecular weight excluding hydrogens is 382 g/mol. The Bertz CT molecular complexity index is 1210. The number of rotatable bonds is 6. The quantitative estimate of drug-likeness (QED) is 0.659. The first-order valence-electron chi connectivity index (χ1n) is 9.25. The van der Waals surface area contributed by atoms with Gasteiger partial charge in [0.25, 0.3) is 5.56 Å². The summed E-state index contributed by atoms with van der Waals surface area (Å²) in [5.41, 5.74) is -0.493. The molecule has 3 heterocycles. The summed E-state index contributed by atoms with van der Waals surface area (Å²) in [6.45, 7) is 4.82. The summed E-state index contributed by atoms with van der Waals surface area (Å²) in [7, 11) is 1.58. The van der Waals surface area contributed by atoms with Gasteiger partial charge in [-0.2, -0.15) is 5.10 Å². The molecule has 3 aromatic rings. The molecule has 0 bridgehead atoms. The maximum atomic E-state index is 13.4. The number of fused-ring (bicyclic) bond motifs is 1. The molecule has 28 heavy (non-hydrogen) atoms. The van der Waals surface area contributed by atoms with E-state index in [1.54, 1.807) is 11.7 Å². The lowest BCUT2D eigenvalue weighted by molar-refractivity contribution is 0.149. The van der Waals surface area contributed by atoms with Crippen molar-refractivity contribution in [1.82, 2.24) is 23.9 Å². The van der Waals surface area contributed by atoms with Gasteiger partial charge in [-0.3, -0.25) is 18.9 Å². The minimum atomic E-state index is -0.440. The largest absolute Gasteiger partial charge is 0.383 e. The molecule has 1 saturated carbocycles. The Balaban J connectivity index is 1.97. The first kappa shape index (κ1) is 18.9. The molecule has 0 unspecified atom stereocenters. The predicted molar refractivity (Wildman–Crippen MR) is 106 cm³/mol. The Labute approximate surface area is 164 Å². The summed E-state index contributed by atoms with van der Waals surface area (Å²) in [6.07, 6.45) is 3.98. The second kappa shape index (κ2) is 6.85. The van der Waals surface area contributed by atoms with Crippen molar-refractivity contribution < 1.29 is 4.74 Å². The highest BCUT2D eigenvalue weighted by molar-refractivity contribution is 7.18. The van der Waals surface area contributed by atoms with E-state index >= 15 is 0 Å². The molecule has 0 spiro atoms. The summed E-state index contributed by atoms with van der Waals surface area (Å²) in [5, 5.41) is 4.55. The fourth-order valence-corrected chi connectivity index (χ4v) is 5.14. The minimum absolute atomic E-state index is 0.245. The van der Waals surface area contributed by atoms with Gasteiger partial charge < -0.3 is 4.74 Å². The number of H-pyrrole nitrogens is 1. The summed E-state index contributed by atoms with van der Waals surface area (Å²) in [6, 6.07) is 0. The molecule has 9 nitrogen and oxygen atoms in total. The van der Waals surface area contributed by atoms with Gasteiger partial charge in [0.15, 0.2) is 0 Å². The van der Waals surface area contributed by atoms with Gasteiger partial charge in [0.2, 0.25) is 0 Å². The lowest BCUT2D eigenvalue weighted by atomic mass is 9.78. The van der Waals surface area contributed by atoms with E-state index in [9.17, 15) is 14.4 Å². The van der Waals surface area contributed by atoms with Crippen molar-refractivity contribution in [3.05, 3.63) is 48.1 Å². The lowest BCUT2D eigenvalue weighted by Crippen LogP contribution is -2.53. The Morgan fingerprint density at radius 2 is 2.07 bits per heavy atom. The van der Waals surface area contributed by atoms with Crippen LogP contribution in [0.25, 0.3) is 10.2 Å². The molecule has 1 N–H and O–H groups in total. The first-order valence-corrected chi connectivity index (χ1v) is 10.1. The third-order valence-corrected chi connectivity index (χ3v) is 7.01. The second-order valence-electron chi connectivity index (χ2n) is 7.50. The monoisotopic (exact) mass is 405 g/mol. The van der Waals surface area contributed by atoms with Gasteiger partial charge >= 0.3 is 11.4 Å². The average molecular weight is 405 g/mol. The standard InChI is InChI=1S/C18H23N5O4S/c1-11-12(9-22-16(25)19-10-20-22)28-15-13(11)14(24)23(18(2)5-4-6-18)17(26)21(15)7-8-27-3/h10H,4-9H2,1-3H3,(H,19,20,25). The highest BCUT2D eigenvalue weighted by Crippen LogP contribution is 2.37. The number of thiophene rings is 1. The van der Waals surface area contributed by atoms with E-state index < -0.39 is 5.54 Å². The van der Waals surface area contributed by atoms with Crippen molar-refractivity contribution in [2.45, 2.75) is 51.7 Å². The number of nitrogens with zero attached hydrogens (tertiary/aromatic N) is 4. The smallest absolute Gasteiger partial charge is 0.343 e. The van der Waals surface area contributed by atoms with Crippen LogP contribution in [-0.2, 0) is 23.4 Å². The zero-order valence-electron chi connectivity index (χ0n) is 16.2. The molecule has 0 amide bonds. The molecule has 1 fully saturated rings. The summed E-state index contributed by atoms with van der Waals surface area (Å²) < 4.78 is 9.55. The number of aromatic nitrogens is 5. The van der Waals surface area contributed by atoms with E-state index in [0.29, 0.717) is 23.4 Å². The molecule has 4 rings (SSSR count). The molecule has 3 aromatic heterocycles. The third-order valence-electron chi connectivity index (χ3n) is 5.71. The van der Waals surface area contributed by atoms with Crippen LogP contribution in [0.2, 0.25) is 0 Å². The predicted octanol–water partition coefficient (Wildman–Crippen LogP) is 1.01. The number of aryl methyl sites for hydroxylation is 1. The number of hydrogen-bond donors (Lipinski definition) is 1. The molecule has 1 aliphatic rings.